The summed E-state index contributed by atoms with van der Waals surface area (Å²) in [7, 11) is 2.44. The van der Waals surface area contributed by atoms with Gasteiger partial charge in [-0.25, -0.2) is 9.59 Å². The van der Waals surface area contributed by atoms with Crippen LogP contribution in [0.1, 0.15) is 36.6 Å². The Morgan fingerprint density at radius 3 is 2.07 bits per heavy atom. The fraction of sp³-hybridized carbons (Fsp3) is 0.211. The maximum Gasteiger partial charge on any atom is 0.338 e. The summed E-state index contributed by atoms with van der Waals surface area (Å²) in [5, 5.41) is 13.7. The fourth-order valence-corrected chi connectivity index (χ4v) is 2.43. The SMILES string of the molecule is COC(=O)c1ccc(CCNC(=O)c2cc(C(=O)OC)cc([N+](=O)[O-])c2)cc1. The average molecular weight is 386 g/mol. The molecule has 1 N–H and O–H groups in total. The van der Waals surface area contributed by atoms with Crippen molar-refractivity contribution in [2.24, 2.45) is 0 Å². The quantitative estimate of drug-likeness (QED) is 0.439. The van der Waals surface area contributed by atoms with Crippen LogP contribution in [0.5, 0.6) is 0 Å². The molecule has 0 aliphatic heterocycles. The number of nitro groups is 1. The van der Waals surface area contributed by atoms with E-state index in [0.29, 0.717) is 12.0 Å². The summed E-state index contributed by atoms with van der Waals surface area (Å²) in [4.78, 5) is 45.7. The number of amides is 1. The first-order valence-corrected chi connectivity index (χ1v) is 8.19. The van der Waals surface area contributed by atoms with E-state index in [0.717, 1.165) is 24.8 Å². The second-order valence-corrected chi connectivity index (χ2v) is 5.71. The van der Waals surface area contributed by atoms with Gasteiger partial charge in [-0.05, 0) is 30.2 Å². The maximum absolute atomic E-state index is 12.3. The van der Waals surface area contributed by atoms with E-state index in [4.69, 9.17) is 0 Å². The van der Waals surface area contributed by atoms with Crippen LogP contribution in [-0.4, -0.2) is 43.5 Å². The van der Waals surface area contributed by atoms with Crippen molar-refractivity contribution in [3.8, 4) is 0 Å². The van der Waals surface area contributed by atoms with Gasteiger partial charge in [0, 0.05) is 24.2 Å². The summed E-state index contributed by atoms with van der Waals surface area (Å²) >= 11 is 0. The number of rotatable bonds is 7. The van der Waals surface area contributed by atoms with Crippen LogP contribution < -0.4 is 5.32 Å². The van der Waals surface area contributed by atoms with E-state index in [1.54, 1.807) is 24.3 Å². The number of non-ortho nitro benzene ring substituents is 1. The van der Waals surface area contributed by atoms with Crippen LogP contribution in [0.15, 0.2) is 42.5 Å². The van der Waals surface area contributed by atoms with Gasteiger partial charge in [-0.2, -0.15) is 0 Å². The number of methoxy groups -OCH3 is 2. The van der Waals surface area contributed by atoms with Gasteiger partial charge in [-0.1, -0.05) is 12.1 Å². The third kappa shape index (κ3) is 5.13. The number of hydrogen-bond donors (Lipinski definition) is 1. The second-order valence-electron chi connectivity index (χ2n) is 5.71. The van der Waals surface area contributed by atoms with Crippen molar-refractivity contribution in [1.29, 1.82) is 0 Å². The zero-order valence-corrected chi connectivity index (χ0v) is 15.3. The van der Waals surface area contributed by atoms with E-state index in [2.05, 4.69) is 14.8 Å². The van der Waals surface area contributed by atoms with Crippen molar-refractivity contribution < 1.29 is 28.8 Å². The summed E-state index contributed by atoms with van der Waals surface area (Å²) in [6.45, 7) is 0.257. The molecule has 0 fully saturated rings. The monoisotopic (exact) mass is 386 g/mol. The molecule has 1 amide bonds. The van der Waals surface area contributed by atoms with Crippen LogP contribution in [0.25, 0.3) is 0 Å². The first kappa shape index (κ1) is 20.6. The number of esters is 2. The Morgan fingerprint density at radius 1 is 0.929 bits per heavy atom. The number of hydrogen-bond acceptors (Lipinski definition) is 7. The van der Waals surface area contributed by atoms with E-state index in [-0.39, 0.29) is 23.4 Å². The molecule has 0 bridgehead atoms. The largest absolute Gasteiger partial charge is 0.465 e. The van der Waals surface area contributed by atoms with E-state index >= 15 is 0 Å². The Hall–Kier alpha value is -3.75. The molecule has 0 atom stereocenters. The molecule has 0 saturated heterocycles. The molecule has 146 valence electrons. The molecule has 0 radical (unpaired) electrons. The molecule has 2 rings (SSSR count). The molecule has 0 aromatic heterocycles. The zero-order chi connectivity index (χ0) is 20.7. The number of carbonyl (C=O) groups excluding carboxylic acids is 3. The van der Waals surface area contributed by atoms with Gasteiger partial charge in [-0.15, -0.1) is 0 Å². The van der Waals surface area contributed by atoms with Gasteiger partial charge in [0.25, 0.3) is 11.6 Å². The van der Waals surface area contributed by atoms with Crippen LogP contribution in [0, 0.1) is 10.1 Å². The summed E-state index contributed by atoms with van der Waals surface area (Å²) in [5.41, 5.74) is 0.812. The van der Waals surface area contributed by atoms with Gasteiger partial charge < -0.3 is 14.8 Å². The summed E-state index contributed by atoms with van der Waals surface area (Å²) in [6.07, 6.45) is 0.478. The predicted octanol–water partition coefficient (Wildman–Crippen LogP) is 2.14. The van der Waals surface area contributed by atoms with Crippen molar-refractivity contribution in [3.63, 3.8) is 0 Å². The minimum absolute atomic E-state index is 0.0179. The van der Waals surface area contributed by atoms with Crippen LogP contribution in [0.2, 0.25) is 0 Å². The van der Waals surface area contributed by atoms with E-state index in [1.807, 2.05) is 0 Å². The standard InChI is InChI=1S/C19H18N2O7/c1-27-18(23)13-5-3-12(4-6-13)7-8-20-17(22)14-9-15(19(24)28-2)11-16(10-14)21(25)26/h3-6,9-11H,7-8H2,1-2H3,(H,20,22). The third-order valence-corrected chi connectivity index (χ3v) is 3.89. The highest BCUT2D eigenvalue weighted by atomic mass is 16.6. The zero-order valence-electron chi connectivity index (χ0n) is 15.3. The molecular formula is C19H18N2O7. The summed E-state index contributed by atoms with van der Waals surface area (Å²) in [5.74, 6) is -1.77. The van der Waals surface area contributed by atoms with Crippen molar-refractivity contribution >= 4 is 23.5 Å². The number of ether oxygens (including phenoxy) is 2. The Labute approximate surface area is 160 Å². The number of nitro benzene ring substituents is 1. The molecule has 2 aromatic rings. The number of nitrogens with zero attached hydrogens (tertiary/aromatic N) is 1. The topological polar surface area (TPSA) is 125 Å². The third-order valence-electron chi connectivity index (χ3n) is 3.89. The maximum atomic E-state index is 12.3. The van der Waals surface area contributed by atoms with Gasteiger partial charge in [0.05, 0.1) is 30.3 Å². The van der Waals surface area contributed by atoms with E-state index in [9.17, 15) is 24.5 Å². The van der Waals surface area contributed by atoms with Gasteiger partial charge >= 0.3 is 11.9 Å². The molecule has 9 nitrogen and oxygen atoms in total. The van der Waals surface area contributed by atoms with Crippen LogP contribution in [0.4, 0.5) is 5.69 Å². The Bertz CT molecular complexity index is 907. The van der Waals surface area contributed by atoms with Crippen molar-refractivity contribution in [1.82, 2.24) is 5.32 Å². The lowest BCUT2D eigenvalue weighted by Gasteiger charge is -2.08. The second kappa shape index (κ2) is 9.26. The van der Waals surface area contributed by atoms with Crippen molar-refractivity contribution in [3.05, 3.63) is 74.8 Å². The highest BCUT2D eigenvalue weighted by Gasteiger charge is 2.18. The van der Waals surface area contributed by atoms with Gasteiger partial charge in [0.2, 0.25) is 0 Å². The molecule has 9 heteroatoms. The van der Waals surface area contributed by atoms with Crippen LogP contribution >= 0.6 is 0 Å². The first-order chi connectivity index (χ1) is 13.3. The molecule has 0 heterocycles. The van der Waals surface area contributed by atoms with Gasteiger partial charge in [0.1, 0.15) is 0 Å². The molecule has 0 unspecified atom stereocenters. The smallest absolute Gasteiger partial charge is 0.338 e. The lowest BCUT2D eigenvalue weighted by molar-refractivity contribution is -0.384. The number of nitrogens with one attached hydrogen (secondary N) is 1. The molecule has 0 aliphatic rings. The Morgan fingerprint density at radius 2 is 1.50 bits per heavy atom. The fourth-order valence-electron chi connectivity index (χ4n) is 2.43. The highest BCUT2D eigenvalue weighted by Crippen LogP contribution is 2.18. The molecule has 28 heavy (non-hydrogen) atoms. The molecule has 0 spiro atoms. The lowest BCUT2D eigenvalue weighted by atomic mass is 10.1. The van der Waals surface area contributed by atoms with Crippen molar-refractivity contribution in [2.75, 3.05) is 20.8 Å². The minimum atomic E-state index is -0.775. The summed E-state index contributed by atoms with van der Waals surface area (Å²) in [6, 6.07) is 10.1. The summed E-state index contributed by atoms with van der Waals surface area (Å²) < 4.78 is 9.18. The Kier molecular flexibility index (Phi) is 6.80. The first-order valence-electron chi connectivity index (χ1n) is 8.19. The molecule has 0 saturated carbocycles. The van der Waals surface area contributed by atoms with Crippen LogP contribution in [-0.2, 0) is 15.9 Å². The molecule has 2 aromatic carbocycles. The molecule has 0 aliphatic carbocycles. The minimum Gasteiger partial charge on any atom is -0.465 e. The van der Waals surface area contributed by atoms with E-state index in [1.165, 1.54) is 13.2 Å². The van der Waals surface area contributed by atoms with Crippen LogP contribution in [0.3, 0.4) is 0 Å². The molecular weight excluding hydrogens is 368 g/mol. The van der Waals surface area contributed by atoms with Crippen molar-refractivity contribution in [2.45, 2.75) is 6.42 Å². The Balaban J connectivity index is 2.04. The van der Waals surface area contributed by atoms with Gasteiger partial charge in [-0.3, -0.25) is 14.9 Å². The average Bonchev–Trinajstić information content (AvgIpc) is 2.72. The van der Waals surface area contributed by atoms with E-state index < -0.39 is 22.8 Å². The highest BCUT2D eigenvalue weighted by molar-refractivity contribution is 5.99. The lowest BCUT2D eigenvalue weighted by Crippen LogP contribution is -2.26. The number of carbonyl (C=O) groups is 3. The predicted molar refractivity (Wildman–Crippen MR) is 98.3 cm³/mol. The number of benzene rings is 2. The van der Waals surface area contributed by atoms with Gasteiger partial charge in [0.15, 0.2) is 0 Å². The normalized spacial score (nSPS) is 10.1.